The molecule has 0 N–H and O–H groups in total. The van der Waals surface area contributed by atoms with Gasteiger partial charge in [-0.25, -0.2) is 4.79 Å². The summed E-state index contributed by atoms with van der Waals surface area (Å²) < 4.78 is 16.0. The topological polar surface area (TPSA) is 48.0 Å². The quantitative estimate of drug-likeness (QED) is 0.389. The minimum Gasteiger partial charge on any atom is -0.497 e. The lowest BCUT2D eigenvalue weighted by molar-refractivity contribution is 0.0640. The van der Waals surface area contributed by atoms with E-state index in [1.807, 2.05) is 42.2 Å². The molecule has 0 radical (unpaired) electrons. The van der Waals surface area contributed by atoms with Gasteiger partial charge in [0.15, 0.2) is 6.23 Å². The smallest absolute Gasteiger partial charge is 0.497 e. The van der Waals surface area contributed by atoms with Crippen LogP contribution >= 0.6 is 0 Å². The Labute approximate surface area is 149 Å². The molecule has 2 rings (SSSR count). The third kappa shape index (κ3) is 5.71. The maximum Gasteiger partial charge on any atom is 0.515 e. The SMILES string of the molecule is CCCCN(c1cccc(OC)c1)C(C)OC(=O)Oc1ccccc1. The second-order valence-corrected chi connectivity index (χ2v) is 5.63. The average Bonchev–Trinajstić information content (AvgIpc) is 2.63. The van der Waals surface area contributed by atoms with Gasteiger partial charge in [0.2, 0.25) is 0 Å². The van der Waals surface area contributed by atoms with Gasteiger partial charge in [-0.3, -0.25) is 0 Å². The Hall–Kier alpha value is -2.69. The summed E-state index contributed by atoms with van der Waals surface area (Å²) in [6.45, 7) is 4.73. The van der Waals surface area contributed by atoms with Gasteiger partial charge in [0, 0.05) is 18.3 Å². The van der Waals surface area contributed by atoms with Gasteiger partial charge in [0.05, 0.1) is 7.11 Å². The Morgan fingerprint density at radius 2 is 1.80 bits per heavy atom. The van der Waals surface area contributed by atoms with Gasteiger partial charge < -0.3 is 19.1 Å². The molecule has 0 bridgehead atoms. The number of rotatable bonds is 8. The van der Waals surface area contributed by atoms with Crippen molar-refractivity contribution >= 4 is 11.8 Å². The Morgan fingerprint density at radius 3 is 2.48 bits per heavy atom. The lowest BCUT2D eigenvalue weighted by atomic mass is 10.2. The first-order valence-electron chi connectivity index (χ1n) is 8.48. The van der Waals surface area contributed by atoms with Gasteiger partial charge >= 0.3 is 6.16 Å². The Balaban J connectivity index is 2.06. The van der Waals surface area contributed by atoms with Crippen molar-refractivity contribution in [3.05, 3.63) is 54.6 Å². The zero-order chi connectivity index (χ0) is 18.1. The van der Waals surface area contributed by atoms with Crippen LogP contribution in [0.2, 0.25) is 0 Å². The molecule has 5 nitrogen and oxygen atoms in total. The van der Waals surface area contributed by atoms with E-state index in [1.165, 1.54) is 0 Å². The maximum absolute atomic E-state index is 12.1. The van der Waals surface area contributed by atoms with Crippen LogP contribution in [0, 0.1) is 0 Å². The van der Waals surface area contributed by atoms with Crippen molar-refractivity contribution in [1.82, 2.24) is 0 Å². The number of carbonyl (C=O) groups is 1. The molecular formula is C20H25NO4. The van der Waals surface area contributed by atoms with Crippen molar-refractivity contribution in [3.8, 4) is 11.5 Å². The lowest BCUT2D eigenvalue weighted by Gasteiger charge is -2.30. The van der Waals surface area contributed by atoms with E-state index in [9.17, 15) is 4.79 Å². The summed E-state index contributed by atoms with van der Waals surface area (Å²) in [6.07, 6.45) is 0.846. The fourth-order valence-electron chi connectivity index (χ4n) is 2.45. The van der Waals surface area contributed by atoms with Crippen LogP contribution < -0.4 is 14.4 Å². The lowest BCUT2D eigenvalue weighted by Crippen LogP contribution is -2.38. The molecule has 0 saturated heterocycles. The zero-order valence-corrected chi connectivity index (χ0v) is 15.0. The monoisotopic (exact) mass is 343 g/mol. The van der Waals surface area contributed by atoms with E-state index in [0.29, 0.717) is 5.75 Å². The number of para-hydroxylation sites is 1. The molecule has 1 unspecified atom stereocenters. The molecule has 2 aromatic rings. The highest BCUT2D eigenvalue weighted by molar-refractivity contribution is 5.64. The summed E-state index contributed by atoms with van der Waals surface area (Å²) in [5.74, 6) is 1.22. The molecule has 0 aliphatic heterocycles. The second kappa shape index (κ2) is 9.57. The molecule has 0 saturated carbocycles. The van der Waals surface area contributed by atoms with Crippen molar-refractivity contribution < 1.29 is 19.0 Å². The van der Waals surface area contributed by atoms with E-state index in [4.69, 9.17) is 14.2 Å². The van der Waals surface area contributed by atoms with Crippen LogP contribution in [0.1, 0.15) is 26.7 Å². The zero-order valence-electron chi connectivity index (χ0n) is 15.0. The largest absolute Gasteiger partial charge is 0.515 e. The predicted octanol–water partition coefficient (Wildman–Crippen LogP) is 4.86. The van der Waals surface area contributed by atoms with Crippen LogP contribution in [0.15, 0.2) is 54.6 Å². The number of hydrogen-bond acceptors (Lipinski definition) is 5. The molecule has 0 fully saturated rings. The van der Waals surface area contributed by atoms with E-state index in [2.05, 4.69) is 6.92 Å². The van der Waals surface area contributed by atoms with E-state index in [1.54, 1.807) is 31.4 Å². The fraction of sp³-hybridized carbons (Fsp3) is 0.350. The van der Waals surface area contributed by atoms with Crippen molar-refractivity contribution in [2.75, 3.05) is 18.6 Å². The number of nitrogens with zero attached hydrogens (tertiary/aromatic N) is 1. The molecule has 0 aliphatic carbocycles. The van der Waals surface area contributed by atoms with Crippen molar-refractivity contribution in [2.24, 2.45) is 0 Å². The molecule has 1 atom stereocenters. The minimum atomic E-state index is -0.719. The molecule has 25 heavy (non-hydrogen) atoms. The third-order valence-electron chi connectivity index (χ3n) is 3.79. The number of carbonyl (C=O) groups excluding carboxylic acids is 1. The van der Waals surface area contributed by atoms with Gasteiger partial charge in [0.1, 0.15) is 11.5 Å². The summed E-state index contributed by atoms with van der Waals surface area (Å²) >= 11 is 0. The first kappa shape index (κ1) is 18.6. The van der Waals surface area contributed by atoms with Gasteiger partial charge in [0.25, 0.3) is 0 Å². The van der Waals surface area contributed by atoms with Crippen molar-refractivity contribution in [2.45, 2.75) is 32.9 Å². The summed E-state index contributed by atoms with van der Waals surface area (Å²) in [5.41, 5.74) is 0.938. The summed E-state index contributed by atoms with van der Waals surface area (Å²) in [5, 5.41) is 0. The Kier molecular flexibility index (Phi) is 7.14. The van der Waals surface area contributed by atoms with Crippen molar-refractivity contribution in [1.29, 1.82) is 0 Å². The highest BCUT2D eigenvalue weighted by atomic mass is 16.7. The van der Waals surface area contributed by atoms with Crippen LogP contribution in [0.25, 0.3) is 0 Å². The maximum atomic E-state index is 12.1. The molecule has 134 valence electrons. The average molecular weight is 343 g/mol. The van der Waals surface area contributed by atoms with Gasteiger partial charge in [-0.2, -0.15) is 0 Å². The molecule has 0 aliphatic rings. The Morgan fingerprint density at radius 1 is 1.08 bits per heavy atom. The summed E-state index contributed by atoms with van der Waals surface area (Å²) in [7, 11) is 1.63. The van der Waals surface area contributed by atoms with E-state index in [0.717, 1.165) is 30.8 Å². The number of hydrogen-bond donors (Lipinski definition) is 0. The van der Waals surface area contributed by atoms with Gasteiger partial charge in [-0.15, -0.1) is 0 Å². The van der Waals surface area contributed by atoms with Crippen LogP contribution in [0.3, 0.4) is 0 Å². The normalized spacial score (nSPS) is 11.5. The fourth-order valence-corrected chi connectivity index (χ4v) is 2.45. The first-order chi connectivity index (χ1) is 12.1. The molecule has 0 aromatic heterocycles. The summed E-state index contributed by atoms with van der Waals surface area (Å²) in [6, 6.07) is 16.6. The highest BCUT2D eigenvalue weighted by Crippen LogP contribution is 2.24. The minimum absolute atomic E-state index is 0.459. The number of methoxy groups -OCH3 is 1. The summed E-state index contributed by atoms with van der Waals surface area (Å²) in [4.78, 5) is 14.1. The van der Waals surface area contributed by atoms with E-state index >= 15 is 0 Å². The molecule has 0 spiro atoms. The predicted molar refractivity (Wildman–Crippen MR) is 98.3 cm³/mol. The number of unbranched alkanes of at least 4 members (excludes halogenated alkanes) is 1. The number of benzene rings is 2. The van der Waals surface area contributed by atoms with E-state index in [-0.39, 0.29) is 0 Å². The first-order valence-corrected chi connectivity index (χ1v) is 8.48. The molecule has 0 amide bonds. The molecular weight excluding hydrogens is 318 g/mol. The highest BCUT2D eigenvalue weighted by Gasteiger charge is 2.20. The molecule has 5 heteroatoms. The van der Waals surface area contributed by atoms with Gasteiger partial charge in [-0.05, 0) is 37.6 Å². The van der Waals surface area contributed by atoms with Crippen LogP contribution in [-0.4, -0.2) is 26.0 Å². The second-order valence-electron chi connectivity index (χ2n) is 5.63. The van der Waals surface area contributed by atoms with Crippen LogP contribution in [0.4, 0.5) is 10.5 Å². The van der Waals surface area contributed by atoms with Gasteiger partial charge in [-0.1, -0.05) is 37.6 Å². The number of anilines is 1. The van der Waals surface area contributed by atoms with Crippen LogP contribution in [0.5, 0.6) is 11.5 Å². The number of ether oxygens (including phenoxy) is 3. The molecule has 2 aromatic carbocycles. The van der Waals surface area contributed by atoms with Crippen molar-refractivity contribution in [3.63, 3.8) is 0 Å². The Bertz CT molecular complexity index is 660. The standard InChI is InChI=1S/C20H25NO4/c1-4-5-14-21(17-10-9-13-19(15-17)23-3)16(2)24-20(22)25-18-11-7-6-8-12-18/h6-13,15-16H,4-5,14H2,1-3H3. The molecule has 0 heterocycles. The van der Waals surface area contributed by atoms with Crippen LogP contribution in [-0.2, 0) is 4.74 Å². The van der Waals surface area contributed by atoms with E-state index < -0.39 is 12.4 Å². The third-order valence-corrected chi connectivity index (χ3v) is 3.79.